The maximum atomic E-state index is 13.2. The van der Waals surface area contributed by atoms with Gasteiger partial charge in [0.15, 0.2) is 0 Å². The number of hydrogen-bond donors (Lipinski definition) is 1. The fraction of sp³-hybridized carbons (Fsp3) is 0.444. The van der Waals surface area contributed by atoms with Gasteiger partial charge in [-0.2, -0.15) is 0 Å². The molecular weight excluding hydrogens is 458 g/mol. The van der Waals surface area contributed by atoms with Crippen LogP contribution >= 0.6 is 0 Å². The first-order chi connectivity index (χ1) is 17.4. The van der Waals surface area contributed by atoms with E-state index in [4.69, 9.17) is 9.47 Å². The van der Waals surface area contributed by atoms with E-state index >= 15 is 0 Å². The second-order valence-electron chi connectivity index (χ2n) is 9.14. The van der Waals surface area contributed by atoms with E-state index in [1.165, 1.54) is 24.3 Å². The molecule has 0 saturated heterocycles. The van der Waals surface area contributed by atoms with Crippen molar-refractivity contribution in [3.63, 3.8) is 0 Å². The Labute approximate surface area is 211 Å². The molecule has 0 saturated carbocycles. The number of rotatable bonds is 9. The molecule has 0 fully saturated rings. The summed E-state index contributed by atoms with van der Waals surface area (Å²) in [6.07, 6.45) is 6.75. The minimum absolute atomic E-state index is 0.142. The summed E-state index contributed by atoms with van der Waals surface area (Å²) in [5, 5.41) is 3.01. The SMILES string of the molecule is COc1ccc(CN2CCc3c(C(=O)NCCCn4ccnc4)c(OC)cc(=O)n3CC2)c(C)c1C. The summed E-state index contributed by atoms with van der Waals surface area (Å²) >= 11 is 0. The Balaban J connectivity index is 1.50. The van der Waals surface area contributed by atoms with Gasteiger partial charge in [-0.15, -0.1) is 0 Å². The fourth-order valence-corrected chi connectivity index (χ4v) is 4.81. The van der Waals surface area contributed by atoms with Crippen LogP contribution in [0.1, 0.15) is 39.2 Å². The van der Waals surface area contributed by atoms with Gasteiger partial charge in [-0.1, -0.05) is 6.07 Å². The smallest absolute Gasteiger partial charge is 0.256 e. The van der Waals surface area contributed by atoms with Crippen LogP contribution < -0.4 is 20.3 Å². The number of nitrogens with one attached hydrogen (secondary N) is 1. The van der Waals surface area contributed by atoms with Gasteiger partial charge in [0.1, 0.15) is 17.1 Å². The van der Waals surface area contributed by atoms with Crippen molar-refractivity contribution in [1.29, 1.82) is 0 Å². The average molecular weight is 494 g/mol. The summed E-state index contributed by atoms with van der Waals surface area (Å²) in [6.45, 7) is 8.21. The molecule has 0 radical (unpaired) electrons. The van der Waals surface area contributed by atoms with E-state index in [1.54, 1.807) is 24.2 Å². The largest absolute Gasteiger partial charge is 0.496 e. The molecule has 0 unspecified atom stereocenters. The first-order valence-electron chi connectivity index (χ1n) is 12.3. The number of carbonyl (C=O) groups is 1. The molecule has 3 aromatic rings. The summed E-state index contributed by atoms with van der Waals surface area (Å²) in [5.74, 6) is 1.00. The molecule has 1 aliphatic heterocycles. The lowest BCUT2D eigenvalue weighted by Gasteiger charge is -2.22. The predicted octanol–water partition coefficient (Wildman–Crippen LogP) is 2.56. The van der Waals surface area contributed by atoms with Gasteiger partial charge in [-0.25, -0.2) is 4.98 Å². The quantitative estimate of drug-likeness (QED) is 0.461. The van der Waals surface area contributed by atoms with Crippen molar-refractivity contribution in [2.45, 2.75) is 46.3 Å². The van der Waals surface area contributed by atoms with Crippen LogP contribution in [0.15, 0.2) is 41.7 Å². The summed E-state index contributed by atoms with van der Waals surface area (Å²) < 4.78 is 14.6. The minimum Gasteiger partial charge on any atom is -0.496 e. The zero-order valence-corrected chi connectivity index (χ0v) is 21.5. The van der Waals surface area contributed by atoms with E-state index < -0.39 is 0 Å². The Morgan fingerprint density at radius 3 is 2.61 bits per heavy atom. The van der Waals surface area contributed by atoms with Crippen molar-refractivity contribution < 1.29 is 14.3 Å². The monoisotopic (exact) mass is 493 g/mol. The highest BCUT2D eigenvalue weighted by atomic mass is 16.5. The van der Waals surface area contributed by atoms with Gasteiger partial charge in [0.25, 0.3) is 11.5 Å². The predicted molar refractivity (Wildman–Crippen MR) is 138 cm³/mol. The first-order valence-corrected chi connectivity index (χ1v) is 12.3. The maximum absolute atomic E-state index is 13.2. The van der Waals surface area contributed by atoms with Crippen LogP contribution in [-0.2, 0) is 26.1 Å². The zero-order valence-electron chi connectivity index (χ0n) is 21.5. The number of pyridine rings is 1. The second kappa shape index (κ2) is 11.4. The lowest BCUT2D eigenvalue weighted by Crippen LogP contribution is -2.32. The maximum Gasteiger partial charge on any atom is 0.256 e. The van der Waals surface area contributed by atoms with Crippen molar-refractivity contribution >= 4 is 5.91 Å². The summed E-state index contributed by atoms with van der Waals surface area (Å²) in [6, 6.07) is 5.54. The summed E-state index contributed by atoms with van der Waals surface area (Å²) in [4.78, 5) is 32.5. The molecule has 1 aliphatic rings. The molecule has 3 heterocycles. The molecule has 9 nitrogen and oxygen atoms in total. The van der Waals surface area contributed by atoms with Gasteiger partial charge in [0.05, 0.1) is 20.5 Å². The second-order valence-corrected chi connectivity index (χ2v) is 9.14. The Kier molecular flexibility index (Phi) is 8.10. The van der Waals surface area contributed by atoms with Crippen LogP contribution in [0.4, 0.5) is 0 Å². The zero-order chi connectivity index (χ0) is 25.7. The Morgan fingerprint density at radius 1 is 1.08 bits per heavy atom. The molecule has 0 bridgehead atoms. The van der Waals surface area contributed by atoms with Crippen molar-refractivity contribution in [1.82, 2.24) is 24.3 Å². The van der Waals surface area contributed by atoms with Gasteiger partial charge >= 0.3 is 0 Å². The number of fused-ring (bicyclic) bond motifs is 1. The number of imidazole rings is 1. The number of amides is 1. The fourth-order valence-electron chi connectivity index (χ4n) is 4.81. The first kappa shape index (κ1) is 25.5. The highest BCUT2D eigenvalue weighted by Crippen LogP contribution is 2.26. The number of aromatic nitrogens is 3. The van der Waals surface area contributed by atoms with Gasteiger partial charge in [-0.05, 0) is 43.0 Å². The molecule has 1 amide bonds. The molecule has 9 heteroatoms. The number of aryl methyl sites for hydroxylation is 1. The Morgan fingerprint density at radius 2 is 1.89 bits per heavy atom. The Hall–Kier alpha value is -3.59. The van der Waals surface area contributed by atoms with Crippen LogP contribution in [-0.4, -0.2) is 58.8 Å². The molecule has 0 aliphatic carbocycles. The third-order valence-corrected chi connectivity index (χ3v) is 7.03. The van der Waals surface area contributed by atoms with Crippen molar-refractivity contribution in [3.05, 3.63) is 75.2 Å². The highest BCUT2D eigenvalue weighted by Gasteiger charge is 2.25. The van der Waals surface area contributed by atoms with Gasteiger partial charge in [0, 0.05) is 69.8 Å². The number of methoxy groups -OCH3 is 2. The van der Waals surface area contributed by atoms with Gasteiger partial charge < -0.3 is 23.9 Å². The van der Waals surface area contributed by atoms with E-state index in [0.29, 0.717) is 30.8 Å². The van der Waals surface area contributed by atoms with E-state index in [0.717, 1.165) is 49.6 Å². The summed E-state index contributed by atoms with van der Waals surface area (Å²) in [7, 11) is 3.19. The lowest BCUT2D eigenvalue weighted by atomic mass is 10.0. The Bertz CT molecular complexity index is 1270. The molecule has 0 atom stereocenters. The molecule has 36 heavy (non-hydrogen) atoms. The number of hydrogen-bond acceptors (Lipinski definition) is 6. The van der Waals surface area contributed by atoms with Gasteiger partial charge in [0.2, 0.25) is 0 Å². The molecule has 1 aromatic carbocycles. The lowest BCUT2D eigenvalue weighted by molar-refractivity contribution is 0.0947. The van der Waals surface area contributed by atoms with Crippen LogP contribution in [0.3, 0.4) is 0 Å². The van der Waals surface area contributed by atoms with Crippen LogP contribution in [0, 0.1) is 13.8 Å². The molecular formula is C27H35N5O4. The standard InChI is InChI=1S/C27H35N5O4/c1-19-20(2)23(35-3)7-6-21(19)17-30-12-8-22-26(24(36-4)16-25(33)32(22)15-14-30)27(34)29-9-5-11-31-13-10-28-18-31/h6-7,10,13,16,18H,5,8-9,11-12,14-15,17H2,1-4H3,(H,29,34). The molecule has 0 spiro atoms. The van der Waals surface area contributed by atoms with Crippen LogP contribution in [0.2, 0.25) is 0 Å². The number of nitrogens with zero attached hydrogens (tertiary/aromatic N) is 4. The number of carbonyl (C=O) groups excluding carboxylic acids is 1. The van der Waals surface area contributed by atoms with Crippen LogP contribution in [0.25, 0.3) is 0 Å². The van der Waals surface area contributed by atoms with Crippen molar-refractivity contribution in [3.8, 4) is 11.5 Å². The summed E-state index contributed by atoms with van der Waals surface area (Å²) in [5.41, 5.74) is 4.64. The normalized spacial score (nSPS) is 13.7. The van der Waals surface area contributed by atoms with E-state index in [9.17, 15) is 9.59 Å². The highest BCUT2D eigenvalue weighted by molar-refractivity contribution is 5.98. The van der Waals surface area contributed by atoms with Crippen molar-refractivity contribution in [2.24, 2.45) is 0 Å². The van der Waals surface area contributed by atoms with Crippen molar-refractivity contribution in [2.75, 3.05) is 33.9 Å². The third kappa shape index (κ3) is 5.46. The number of ether oxygens (including phenoxy) is 2. The van der Waals surface area contributed by atoms with E-state index in [2.05, 4.69) is 35.1 Å². The third-order valence-electron chi connectivity index (χ3n) is 7.03. The molecule has 4 rings (SSSR count). The van der Waals surface area contributed by atoms with Gasteiger partial charge in [-0.3, -0.25) is 14.5 Å². The number of benzene rings is 1. The molecule has 192 valence electrons. The van der Waals surface area contributed by atoms with Crippen LogP contribution in [0.5, 0.6) is 11.5 Å². The average Bonchev–Trinajstić information content (AvgIpc) is 3.31. The van der Waals surface area contributed by atoms with E-state index in [-0.39, 0.29) is 11.5 Å². The van der Waals surface area contributed by atoms with E-state index in [1.807, 2.05) is 16.8 Å². The molecule has 1 N–H and O–H groups in total. The molecule has 2 aromatic heterocycles. The minimum atomic E-state index is -0.212. The topological polar surface area (TPSA) is 90.6 Å².